The number of benzene rings is 1. The number of nitrogens with one attached hydrogen (secondary N) is 2. The van der Waals surface area contributed by atoms with Gasteiger partial charge in [-0.05, 0) is 43.7 Å². The molecule has 0 spiro atoms. The Hall–Kier alpha value is -3.29. The van der Waals surface area contributed by atoms with Crippen LogP contribution in [0.3, 0.4) is 0 Å². The maximum Gasteiger partial charge on any atom is 0.325 e. The van der Waals surface area contributed by atoms with E-state index in [1.165, 1.54) is 6.26 Å². The van der Waals surface area contributed by atoms with Crippen molar-refractivity contribution in [2.45, 2.75) is 25.4 Å². The van der Waals surface area contributed by atoms with Crippen LogP contribution in [0.25, 0.3) is 0 Å². The lowest BCUT2D eigenvalue weighted by Gasteiger charge is -2.22. The molecule has 8 heteroatoms. The average molecular weight is 371 g/mol. The molecule has 3 rings (SSSR count). The van der Waals surface area contributed by atoms with Gasteiger partial charge >= 0.3 is 6.03 Å². The second-order valence-electron chi connectivity index (χ2n) is 6.48. The third-order valence-electron chi connectivity index (χ3n) is 4.59. The number of furan rings is 1. The molecule has 1 aliphatic rings. The number of carbonyl (C=O) groups excluding carboxylic acids is 3. The number of hydrogen-bond donors (Lipinski definition) is 2. The van der Waals surface area contributed by atoms with Gasteiger partial charge in [-0.2, -0.15) is 0 Å². The molecule has 1 saturated heterocycles. The Morgan fingerprint density at radius 1 is 1.30 bits per heavy atom. The molecular formula is C19H21N3O5. The topological polar surface area (TPSA) is 101 Å². The molecule has 0 unspecified atom stereocenters. The van der Waals surface area contributed by atoms with Gasteiger partial charge in [0.1, 0.15) is 23.6 Å². The van der Waals surface area contributed by atoms with Gasteiger partial charge in [-0.1, -0.05) is 12.1 Å². The zero-order chi connectivity index (χ0) is 19.6. The number of imide groups is 1. The lowest BCUT2D eigenvalue weighted by atomic mass is 9.92. The van der Waals surface area contributed by atoms with E-state index in [9.17, 15) is 14.4 Å². The summed E-state index contributed by atoms with van der Waals surface area (Å²) in [5.74, 6) is 0.283. The van der Waals surface area contributed by atoms with E-state index >= 15 is 0 Å². The van der Waals surface area contributed by atoms with Gasteiger partial charge in [0.15, 0.2) is 0 Å². The summed E-state index contributed by atoms with van der Waals surface area (Å²) in [6.07, 6.45) is 1.51. The predicted octanol–water partition coefficient (Wildman–Crippen LogP) is 1.93. The number of nitrogens with zero attached hydrogens (tertiary/aromatic N) is 1. The SMILES string of the molecule is COc1ccc([C@@]2(C)NC(=O)N(CC(=O)N[C@@H](C)c3ccco3)C2=O)cc1. The Morgan fingerprint density at radius 3 is 2.59 bits per heavy atom. The quantitative estimate of drug-likeness (QED) is 0.756. The summed E-state index contributed by atoms with van der Waals surface area (Å²) < 4.78 is 10.3. The number of rotatable bonds is 6. The summed E-state index contributed by atoms with van der Waals surface area (Å²) in [4.78, 5) is 38.4. The van der Waals surface area contributed by atoms with Crippen molar-refractivity contribution in [1.82, 2.24) is 15.5 Å². The van der Waals surface area contributed by atoms with E-state index in [2.05, 4.69) is 10.6 Å². The van der Waals surface area contributed by atoms with E-state index in [0.717, 1.165) is 4.90 Å². The summed E-state index contributed by atoms with van der Waals surface area (Å²) >= 11 is 0. The molecule has 0 aliphatic carbocycles. The molecule has 2 atom stereocenters. The second-order valence-corrected chi connectivity index (χ2v) is 6.48. The van der Waals surface area contributed by atoms with Gasteiger partial charge in [0.25, 0.3) is 5.91 Å². The number of carbonyl (C=O) groups is 3. The predicted molar refractivity (Wildman–Crippen MR) is 95.9 cm³/mol. The minimum absolute atomic E-state index is 0.374. The molecule has 1 aromatic heterocycles. The maximum atomic E-state index is 12.9. The molecule has 1 fully saturated rings. The Balaban J connectivity index is 1.70. The van der Waals surface area contributed by atoms with Crippen LogP contribution in [0.15, 0.2) is 47.1 Å². The molecule has 27 heavy (non-hydrogen) atoms. The molecule has 142 valence electrons. The fraction of sp³-hybridized carbons (Fsp3) is 0.316. The standard InChI is InChI=1S/C19H21N3O5/c1-12(15-5-4-10-27-15)20-16(23)11-22-17(24)19(2,21-18(22)25)13-6-8-14(26-3)9-7-13/h4-10,12H,11H2,1-3H3,(H,20,23)(H,21,25)/t12-,19+/m0/s1. The molecule has 2 aromatic rings. The maximum absolute atomic E-state index is 12.9. The van der Waals surface area contributed by atoms with Crippen LogP contribution in [0.5, 0.6) is 5.75 Å². The Bertz CT molecular complexity index is 847. The molecule has 1 aliphatic heterocycles. The van der Waals surface area contributed by atoms with Gasteiger partial charge in [-0.15, -0.1) is 0 Å². The highest BCUT2D eigenvalue weighted by Crippen LogP contribution is 2.30. The third-order valence-corrected chi connectivity index (χ3v) is 4.59. The van der Waals surface area contributed by atoms with Gasteiger partial charge < -0.3 is 19.8 Å². The number of methoxy groups -OCH3 is 1. The minimum atomic E-state index is -1.24. The number of hydrogen-bond acceptors (Lipinski definition) is 5. The van der Waals surface area contributed by atoms with Crippen LogP contribution in [-0.4, -0.2) is 36.4 Å². The van der Waals surface area contributed by atoms with Crippen LogP contribution < -0.4 is 15.4 Å². The van der Waals surface area contributed by atoms with E-state index in [4.69, 9.17) is 9.15 Å². The van der Waals surface area contributed by atoms with Crippen molar-refractivity contribution in [2.24, 2.45) is 0 Å². The lowest BCUT2D eigenvalue weighted by Crippen LogP contribution is -2.43. The number of ether oxygens (including phenoxy) is 1. The zero-order valence-electron chi connectivity index (χ0n) is 15.3. The first-order valence-corrected chi connectivity index (χ1v) is 8.46. The monoisotopic (exact) mass is 371 g/mol. The molecule has 2 heterocycles. The van der Waals surface area contributed by atoms with Crippen molar-refractivity contribution in [3.8, 4) is 5.75 Å². The molecule has 4 amide bonds. The first-order chi connectivity index (χ1) is 12.8. The fourth-order valence-corrected chi connectivity index (χ4v) is 3.00. The molecule has 0 bridgehead atoms. The van der Waals surface area contributed by atoms with Crippen LogP contribution in [-0.2, 0) is 15.1 Å². The second kappa shape index (κ2) is 7.14. The van der Waals surface area contributed by atoms with Crippen molar-refractivity contribution in [3.05, 3.63) is 54.0 Å². The fourth-order valence-electron chi connectivity index (χ4n) is 3.00. The molecule has 1 aromatic carbocycles. The molecule has 2 N–H and O–H groups in total. The minimum Gasteiger partial charge on any atom is -0.497 e. The van der Waals surface area contributed by atoms with Gasteiger partial charge in [-0.3, -0.25) is 14.5 Å². The van der Waals surface area contributed by atoms with Crippen molar-refractivity contribution in [3.63, 3.8) is 0 Å². The Labute approximate surface area is 156 Å². The zero-order valence-corrected chi connectivity index (χ0v) is 15.3. The van der Waals surface area contributed by atoms with Crippen molar-refractivity contribution in [2.75, 3.05) is 13.7 Å². The number of urea groups is 1. The average Bonchev–Trinajstić information content (AvgIpc) is 3.26. The van der Waals surface area contributed by atoms with Crippen LogP contribution in [0.2, 0.25) is 0 Å². The van der Waals surface area contributed by atoms with Gasteiger partial charge in [0.05, 0.1) is 19.4 Å². The van der Waals surface area contributed by atoms with E-state index in [1.807, 2.05) is 0 Å². The lowest BCUT2D eigenvalue weighted by molar-refractivity contribution is -0.135. The summed E-state index contributed by atoms with van der Waals surface area (Å²) in [7, 11) is 1.54. The Morgan fingerprint density at radius 2 is 2.00 bits per heavy atom. The van der Waals surface area contributed by atoms with E-state index in [-0.39, 0.29) is 12.6 Å². The first-order valence-electron chi connectivity index (χ1n) is 8.46. The summed E-state index contributed by atoms with van der Waals surface area (Å²) in [6.45, 7) is 2.99. The highest BCUT2D eigenvalue weighted by Gasteiger charge is 2.49. The van der Waals surface area contributed by atoms with Crippen LogP contribution in [0, 0.1) is 0 Å². The van der Waals surface area contributed by atoms with E-state index < -0.39 is 23.4 Å². The van der Waals surface area contributed by atoms with Gasteiger partial charge in [0, 0.05) is 0 Å². The first kappa shape index (κ1) is 18.5. The molecule has 0 saturated carbocycles. The van der Waals surface area contributed by atoms with E-state index in [1.54, 1.807) is 57.4 Å². The highest BCUT2D eigenvalue weighted by atomic mass is 16.5. The van der Waals surface area contributed by atoms with Crippen molar-refractivity contribution in [1.29, 1.82) is 0 Å². The highest BCUT2D eigenvalue weighted by molar-refractivity contribution is 6.09. The summed E-state index contributed by atoms with van der Waals surface area (Å²) in [5, 5.41) is 5.38. The van der Waals surface area contributed by atoms with Crippen LogP contribution >= 0.6 is 0 Å². The van der Waals surface area contributed by atoms with Crippen LogP contribution in [0.1, 0.15) is 31.2 Å². The van der Waals surface area contributed by atoms with Crippen LogP contribution in [0.4, 0.5) is 4.79 Å². The molecule has 8 nitrogen and oxygen atoms in total. The van der Waals surface area contributed by atoms with Crippen molar-refractivity contribution >= 4 is 17.8 Å². The smallest absolute Gasteiger partial charge is 0.325 e. The summed E-state index contributed by atoms with van der Waals surface area (Å²) in [5.41, 5.74) is -0.635. The molecular weight excluding hydrogens is 350 g/mol. The third kappa shape index (κ3) is 3.51. The normalized spacial score (nSPS) is 20.3. The number of amides is 4. The van der Waals surface area contributed by atoms with Crippen molar-refractivity contribution < 1.29 is 23.5 Å². The van der Waals surface area contributed by atoms with Gasteiger partial charge in [-0.25, -0.2) is 4.79 Å². The summed E-state index contributed by atoms with van der Waals surface area (Å²) in [6, 6.07) is 9.30. The van der Waals surface area contributed by atoms with Gasteiger partial charge in [0.2, 0.25) is 5.91 Å². The largest absolute Gasteiger partial charge is 0.497 e. The molecule has 0 radical (unpaired) electrons. The van der Waals surface area contributed by atoms with E-state index in [0.29, 0.717) is 17.1 Å². The Kier molecular flexibility index (Phi) is 4.89.